The summed E-state index contributed by atoms with van der Waals surface area (Å²) in [4.78, 5) is 27.8. The SMILES string of the molecule is CC1(CN)CCN(C(=O)c2cc(N3CCCC3=O)ccc2F)C1.Cl. The van der Waals surface area contributed by atoms with Gasteiger partial charge in [-0.3, -0.25) is 9.59 Å². The fourth-order valence-electron chi connectivity index (χ4n) is 3.30. The van der Waals surface area contributed by atoms with E-state index in [1.54, 1.807) is 15.9 Å². The average molecular weight is 356 g/mol. The Labute approximate surface area is 147 Å². The number of halogens is 2. The van der Waals surface area contributed by atoms with Crippen molar-refractivity contribution in [2.45, 2.75) is 26.2 Å². The van der Waals surface area contributed by atoms with E-state index in [1.807, 2.05) is 6.92 Å². The molecule has 1 atom stereocenters. The quantitative estimate of drug-likeness (QED) is 0.903. The molecule has 0 aromatic heterocycles. The molecule has 2 saturated heterocycles. The minimum Gasteiger partial charge on any atom is -0.338 e. The number of likely N-dealkylation sites (tertiary alicyclic amines) is 1. The molecule has 1 aromatic rings. The van der Waals surface area contributed by atoms with Crippen LogP contribution in [0.15, 0.2) is 18.2 Å². The number of carbonyl (C=O) groups excluding carboxylic acids is 2. The van der Waals surface area contributed by atoms with Crippen molar-refractivity contribution in [2.24, 2.45) is 11.1 Å². The van der Waals surface area contributed by atoms with E-state index in [4.69, 9.17) is 5.73 Å². The van der Waals surface area contributed by atoms with Crippen LogP contribution in [0.5, 0.6) is 0 Å². The Kier molecular flexibility index (Phi) is 5.50. The van der Waals surface area contributed by atoms with Crippen LogP contribution >= 0.6 is 12.4 Å². The molecule has 24 heavy (non-hydrogen) atoms. The number of nitrogens with zero attached hydrogens (tertiary/aromatic N) is 2. The number of benzene rings is 1. The lowest BCUT2D eigenvalue weighted by Crippen LogP contribution is -2.35. The topological polar surface area (TPSA) is 66.6 Å². The van der Waals surface area contributed by atoms with Gasteiger partial charge >= 0.3 is 0 Å². The molecule has 2 heterocycles. The summed E-state index contributed by atoms with van der Waals surface area (Å²) in [6.07, 6.45) is 2.11. The van der Waals surface area contributed by atoms with Gasteiger partial charge in [-0.15, -0.1) is 12.4 Å². The van der Waals surface area contributed by atoms with E-state index in [-0.39, 0.29) is 35.2 Å². The Hall–Kier alpha value is -1.66. The second-order valence-electron chi connectivity index (χ2n) is 6.80. The van der Waals surface area contributed by atoms with E-state index < -0.39 is 5.82 Å². The maximum atomic E-state index is 14.2. The molecule has 2 fully saturated rings. The standard InChI is InChI=1S/C17H22FN3O2.ClH/c1-17(10-19)6-8-20(11-17)16(23)13-9-12(4-5-14(13)18)21-7-2-3-15(21)22;/h4-5,9H,2-3,6-8,10-11,19H2,1H3;1H. The number of hydrogen-bond donors (Lipinski definition) is 1. The summed E-state index contributed by atoms with van der Waals surface area (Å²) in [5, 5.41) is 0. The first kappa shape index (κ1) is 18.7. The second-order valence-corrected chi connectivity index (χ2v) is 6.80. The zero-order valence-corrected chi connectivity index (χ0v) is 14.6. The van der Waals surface area contributed by atoms with Crippen LogP contribution in [0.1, 0.15) is 36.5 Å². The second kappa shape index (κ2) is 7.07. The molecule has 1 aromatic carbocycles. The van der Waals surface area contributed by atoms with Crippen molar-refractivity contribution in [1.29, 1.82) is 0 Å². The van der Waals surface area contributed by atoms with Gasteiger partial charge in [-0.1, -0.05) is 6.92 Å². The molecule has 0 saturated carbocycles. The highest BCUT2D eigenvalue weighted by molar-refractivity contribution is 5.99. The van der Waals surface area contributed by atoms with Crippen LogP contribution in [0, 0.1) is 11.2 Å². The van der Waals surface area contributed by atoms with E-state index in [1.165, 1.54) is 12.1 Å². The monoisotopic (exact) mass is 355 g/mol. The Bertz CT molecular complexity index is 655. The molecule has 0 radical (unpaired) electrons. The third kappa shape index (κ3) is 3.39. The molecule has 2 amide bonds. The average Bonchev–Trinajstić information content (AvgIpc) is 3.14. The normalized spacial score (nSPS) is 23.5. The van der Waals surface area contributed by atoms with Crippen LogP contribution in [0.25, 0.3) is 0 Å². The molecular weight excluding hydrogens is 333 g/mol. The van der Waals surface area contributed by atoms with Gasteiger partial charge in [-0.25, -0.2) is 4.39 Å². The summed E-state index contributed by atoms with van der Waals surface area (Å²) in [6.45, 7) is 4.28. The Balaban J connectivity index is 0.00000208. The zero-order chi connectivity index (χ0) is 16.6. The summed E-state index contributed by atoms with van der Waals surface area (Å²) >= 11 is 0. The van der Waals surface area contributed by atoms with Crippen molar-refractivity contribution in [3.8, 4) is 0 Å². The van der Waals surface area contributed by atoms with Crippen molar-refractivity contribution in [1.82, 2.24) is 4.90 Å². The number of amides is 2. The van der Waals surface area contributed by atoms with Gasteiger partial charge in [0.1, 0.15) is 5.82 Å². The Morgan fingerprint density at radius 3 is 2.71 bits per heavy atom. The molecule has 7 heteroatoms. The van der Waals surface area contributed by atoms with Gasteiger partial charge in [0.05, 0.1) is 5.56 Å². The third-order valence-electron chi connectivity index (χ3n) is 4.90. The van der Waals surface area contributed by atoms with E-state index in [9.17, 15) is 14.0 Å². The molecule has 2 N–H and O–H groups in total. The first-order valence-corrected chi connectivity index (χ1v) is 8.03. The van der Waals surface area contributed by atoms with Gasteiger partial charge in [0.25, 0.3) is 5.91 Å². The molecule has 2 aliphatic rings. The molecule has 132 valence electrons. The Morgan fingerprint density at radius 1 is 1.38 bits per heavy atom. The summed E-state index contributed by atoms with van der Waals surface area (Å²) in [5.41, 5.74) is 6.29. The van der Waals surface area contributed by atoms with Gasteiger partial charge in [-0.2, -0.15) is 0 Å². The lowest BCUT2D eigenvalue weighted by molar-refractivity contribution is -0.117. The number of anilines is 1. The largest absolute Gasteiger partial charge is 0.338 e. The van der Waals surface area contributed by atoms with Gasteiger partial charge in [0.2, 0.25) is 5.91 Å². The minimum absolute atomic E-state index is 0. The van der Waals surface area contributed by atoms with E-state index in [0.29, 0.717) is 38.3 Å². The predicted octanol–water partition coefficient (Wildman–Crippen LogP) is 2.19. The third-order valence-corrected chi connectivity index (χ3v) is 4.90. The molecule has 3 rings (SSSR count). The zero-order valence-electron chi connectivity index (χ0n) is 13.8. The van der Waals surface area contributed by atoms with Crippen molar-refractivity contribution < 1.29 is 14.0 Å². The van der Waals surface area contributed by atoms with Crippen LogP contribution in [-0.2, 0) is 4.79 Å². The van der Waals surface area contributed by atoms with Crippen LogP contribution < -0.4 is 10.6 Å². The summed E-state index contributed by atoms with van der Waals surface area (Å²) < 4.78 is 14.2. The molecular formula is C17H23ClFN3O2. The first-order valence-electron chi connectivity index (χ1n) is 8.03. The van der Waals surface area contributed by atoms with Gasteiger partial charge in [-0.05, 0) is 43.0 Å². The van der Waals surface area contributed by atoms with Gasteiger partial charge in [0, 0.05) is 31.7 Å². The van der Waals surface area contributed by atoms with Gasteiger partial charge < -0.3 is 15.5 Å². The number of nitrogens with two attached hydrogens (primary N) is 1. The number of hydrogen-bond acceptors (Lipinski definition) is 3. The highest BCUT2D eigenvalue weighted by Crippen LogP contribution is 2.31. The molecule has 5 nitrogen and oxygen atoms in total. The lowest BCUT2D eigenvalue weighted by Gasteiger charge is -2.23. The summed E-state index contributed by atoms with van der Waals surface area (Å²) in [5.74, 6) is -0.855. The minimum atomic E-state index is -0.549. The maximum Gasteiger partial charge on any atom is 0.256 e. The van der Waals surface area contributed by atoms with Crippen LogP contribution in [0.4, 0.5) is 10.1 Å². The molecule has 0 aliphatic carbocycles. The molecule has 1 unspecified atom stereocenters. The van der Waals surface area contributed by atoms with Crippen LogP contribution in [-0.4, -0.2) is 42.9 Å². The van der Waals surface area contributed by atoms with Gasteiger partial charge in [0.15, 0.2) is 0 Å². The van der Waals surface area contributed by atoms with Crippen molar-refractivity contribution in [2.75, 3.05) is 31.1 Å². The van der Waals surface area contributed by atoms with Crippen LogP contribution in [0.3, 0.4) is 0 Å². The van der Waals surface area contributed by atoms with Crippen LogP contribution in [0.2, 0.25) is 0 Å². The Morgan fingerprint density at radius 2 is 2.12 bits per heavy atom. The fraction of sp³-hybridized carbons (Fsp3) is 0.529. The number of rotatable bonds is 3. The highest BCUT2D eigenvalue weighted by Gasteiger charge is 2.36. The smallest absolute Gasteiger partial charge is 0.256 e. The van der Waals surface area contributed by atoms with E-state index in [0.717, 1.165) is 12.8 Å². The van der Waals surface area contributed by atoms with Crippen molar-refractivity contribution >= 4 is 29.9 Å². The van der Waals surface area contributed by atoms with E-state index in [2.05, 4.69) is 0 Å². The molecule has 2 aliphatic heterocycles. The first-order chi connectivity index (χ1) is 10.9. The summed E-state index contributed by atoms with van der Waals surface area (Å²) in [7, 11) is 0. The van der Waals surface area contributed by atoms with Crippen molar-refractivity contribution in [3.63, 3.8) is 0 Å². The fourth-order valence-corrected chi connectivity index (χ4v) is 3.30. The van der Waals surface area contributed by atoms with Crippen molar-refractivity contribution in [3.05, 3.63) is 29.6 Å². The highest BCUT2D eigenvalue weighted by atomic mass is 35.5. The molecule has 0 bridgehead atoms. The maximum absolute atomic E-state index is 14.2. The lowest BCUT2D eigenvalue weighted by atomic mass is 9.90. The number of carbonyl (C=O) groups is 2. The summed E-state index contributed by atoms with van der Waals surface area (Å²) in [6, 6.07) is 4.33. The predicted molar refractivity (Wildman–Crippen MR) is 92.9 cm³/mol. The van der Waals surface area contributed by atoms with E-state index >= 15 is 0 Å². The molecule has 0 spiro atoms.